The first-order chi connectivity index (χ1) is 8.62. The minimum atomic E-state index is -0.897. The summed E-state index contributed by atoms with van der Waals surface area (Å²) in [5.74, 6) is 0.956. The molecule has 0 bridgehead atoms. The first-order valence-corrected chi connectivity index (χ1v) is 6.39. The second kappa shape index (κ2) is 3.99. The van der Waals surface area contributed by atoms with Gasteiger partial charge in [-0.05, 0) is 11.5 Å². The lowest BCUT2D eigenvalue weighted by atomic mass is 10.2. The molecule has 0 aromatic heterocycles. The van der Waals surface area contributed by atoms with Crippen molar-refractivity contribution in [2.45, 2.75) is 19.0 Å². The van der Waals surface area contributed by atoms with Crippen LogP contribution in [0.3, 0.4) is 0 Å². The molecular weight excluding hydrogens is 228 g/mol. The largest absolute Gasteiger partial charge is 0.465 e. The van der Waals surface area contributed by atoms with E-state index < -0.39 is 6.09 Å². The molecule has 1 amide bonds. The number of hydrogen-bond acceptors (Lipinski definition) is 2. The van der Waals surface area contributed by atoms with Crippen molar-refractivity contribution in [1.82, 2.24) is 10.2 Å². The summed E-state index contributed by atoms with van der Waals surface area (Å²) >= 11 is 0. The quantitative estimate of drug-likeness (QED) is 0.854. The van der Waals surface area contributed by atoms with Gasteiger partial charge in [-0.2, -0.15) is 0 Å². The first-order valence-electron chi connectivity index (χ1n) is 6.39. The molecule has 1 saturated carbocycles. The lowest BCUT2D eigenvalue weighted by molar-refractivity contribution is 0.182. The standard InChI is InChI=1S/C14H18N2O2/c1-10-12-8-16(7-11-5-3-2-4-6-11)9-14(10,12)15-13(17)18/h2-6,10,12,15H,7-9H2,1H3,(H,17,18)/t10-,12+,14+/m1/s1. The second-order valence-electron chi connectivity index (χ2n) is 5.52. The molecule has 1 aromatic carbocycles. The Morgan fingerprint density at radius 1 is 1.50 bits per heavy atom. The van der Waals surface area contributed by atoms with E-state index in [4.69, 9.17) is 5.11 Å². The lowest BCUT2D eigenvalue weighted by Gasteiger charge is -2.22. The topological polar surface area (TPSA) is 52.6 Å². The van der Waals surface area contributed by atoms with Gasteiger partial charge in [-0.3, -0.25) is 4.90 Å². The summed E-state index contributed by atoms with van der Waals surface area (Å²) in [6.45, 7) is 4.88. The molecule has 1 aliphatic carbocycles. The van der Waals surface area contributed by atoms with Crippen molar-refractivity contribution >= 4 is 6.09 Å². The molecule has 0 spiro atoms. The van der Waals surface area contributed by atoms with Gasteiger partial charge in [0.15, 0.2) is 0 Å². The van der Waals surface area contributed by atoms with E-state index in [1.165, 1.54) is 5.56 Å². The number of fused-ring (bicyclic) bond motifs is 1. The summed E-state index contributed by atoms with van der Waals surface area (Å²) in [5.41, 5.74) is 1.11. The van der Waals surface area contributed by atoms with Crippen LogP contribution >= 0.6 is 0 Å². The molecule has 3 atom stereocenters. The van der Waals surface area contributed by atoms with Gasteiger partial charge in [0.25, 0.3) is 0 Å². The van der Waals surface area contributed by atoms with Gasteiger partial charge in [-0.25, -0.2) is 4.79 Å². The van der Waals surface area contributed by atoms with Crippen LogP contribution in [0.5, 0.6) is 0 Å². The average molecular weight is 246 g/mol. The van der Waals surface area contributed by atoms with Gasteiger partial charge in [0.2, 0.25) is 0 Å². The Labute approximate surface area is 107 Å². The molecule has 18 heavy (non-hydrogen) atoms. The summed E-state index contributed by atoms with van der Waals surface area (Å²) in [7, 11) is 0. The fourth-order valence-corrected chi connectivity index (χ4v) is 3.43. The van der Waals surface area contributed by atoms with Crippen molar-refractivity contribution in [1.29, 1.82) is 0 Å². The van der Waals surface area contributed by atoms with Gasteiger partial charge >= 0.3 is 6.09 Å². The minimum Gasteiger partial charge on any atom is -0.465 e. The Morgan fingerprint density at radius 2 is 2.22 bits per heavy atom. The number of likely N-dealkylation sites (tertiary alicyclic amines) is 1. The SMILES string of the molecule is C[C@@H]1[C@@H]2CN(Cc3ccccc3)C[C@]12NC(=O)O. The average Bonchev–Trinajstić information content (AvgIpc) is 2.71. The summed E-state index contributed by atoms with van der Waals surface area (Å²) in [6.07, 6.45) is -0.897. The van der Waals surface area contributed by atoms with E-state index in [2.05, 4.69) is 29.3 Å². The van der Waals surface area contributed by atoms with Gasteiger partial charge in [0.1, 0.15) is 0 Å². The lowest BCUT2D eigenvalue weighted by Crippen LogP contribution is -2.43. The maximum Gasteiger partial charge on any atom is 0.405 e. The zero-order chi connectivity index (χ0) is 12.8. The molecular formula is C14H18N2O2. The number of piperidine rings is 1. The van der Waals surface area contributed by atoms with E-state index in [0.717, 1.165) is 19.6 Å². The molecule has 1 aliphatic heterocycles. The van der Waals surface area contributed by atoms with Gasteiger partial charge in [-0.15, -0.1) is 0 Å². The first kappa shape index (κ1) is 11.5. The van der Waals surface area contributed by atoms with Crippen LogP contribution in [0, 0.1) is 11.8 Å². The number of rotatable bonds is 3. The van der Waals surface area contributed by atoms with E-state index in [9.17, 15) is 4.79 Å². The summed E-state index contributed by atoms with van der Waals surface area (Å²) in [5, 5.41) is 11.7. The fraction of sp³-hybridized carbons (Fsp3) is 0.500. The van der Waals surface area contributed by atoms with Gasteiger partial charge in [0, 0.05) is 25.6 Å². The summed E-state index contributed by atoms with van der Waals surface area (Å²) in [6, 6.07) is 10.3. The summed E-state index contributed by atoms with van der Waals surface area (Å²) in [4.78, 5) is 13.2. The van der Waals surface area contributed by atoms with Crippen LogP contribution in [-0.2, 0) is 6.54 Å². The Hall–Kier alpha value is -1.55. The third-order valence-electron chi connectivity index (χ3n) is 4.50. The minimum absolute atomic E-state index is 0.180. The smallest absolute Gasteiger partial charge is 0.405 e. The zero-order valence-electron chi connectivity index (χ0n) is 10.5. The van der Waals surface area contributed by atoms with Crippen LogP contribution in [0.2, 0.25) is 0 Å². The molecule has 1 saturated heterocycles. The van der Waals surface area contributed by atoms with E-state index >= 15 is 0 Å². The van der Waals surface area contributed by atoms with E-state index in [-0.39, 0.29) is 5.54 Å². The Kier molecular flexibility index (Phi) is 2.55. The Bertz CT molecular complexity index is 462. The Morgan fingerprint density at radius 3 is 2.89 bits per heavy atom. The molecule has 2 N–H and O–H groups in total. The van der Waals surface area contributed by atoms with Gasteiger partial charge in [-0.1, -0.05) is 37.3 Å². The molecule has 4 nitrogen and oxygen atoms in total. The predicted molar refractivity (Wildman–Crippen MR) is 68.3 cm³/mol. The molecule has 2 fully saturated rings. The molecule has 4 heteroatoms. The van der Waals surface area contributed by atoms with Crippen molar-refractivity contribution < 1.29 is 9.90 Å². The van der Waals surface area contributed by atoms with Gasteiger partial charge < -0.3 is 10.4 Å². The van der Waals surface area contributed by atoms with Crippen molar-refractivity contribution in [3.05, 3.63) is 35.9 Å². The van der Waals surface area contributed by atoms with Crippen molar-refractivity contribution in [3.63, 3.8) is 0 Å². The molecule has 0 unspecified atom stereocenters. The van der Waals surface area contributed by atoms with Gasteiger partial charge in [0.05, 0.1) is 5.54 Å². The zero-order valence-corrected chi connectivity index (χ0v) is 10.5. The van der Waals surface area contributed by atoms with Crippen LogP contribution in [0.4, 0.5) is 4.79 Å². The van der Waals surface area contributed by atoms with Crippen LogP contribution in [0.1, 0.15) is 12.5 Å². The molecule has 96 valence electrons. The number of amides is 1. The third-order valence-corrected chi connectivity index (χ3v) is 4.50. The van der Waals surface area contributed by atoms with Crippen LogP contribution < -0.4 is 5.32 Å². The summed E-state index contributed by atoms with van der Waals surface area (Å²) < 4.78 is 0. The normalized spacial score (nSPS) is 34.1. The number of carboxylic acid groups (broad SMARTS) is 1. The van der Waals surface area contributed by atoms with Crippen LogP contribution in [-0.4, -0.2) is 34.7 Å². The highest BCUT2D eigenvalue weighted by molar-refractivity contribution is 5.67. The van der Waals surface area contributed by atoms with E-state index in [1.807, 2.05) is 18.2 Å². The molecule has 0 radical (unpaired) electrons. The number of nitrogens with zero attached hydrogens (tertiary/aromatic N) is 1. The van der Waals surface area contributed by atoms with Crippen molar-refractivity contribution in [2.75, 3.05) is 13.1 Å². The van der Waals surface area contributed by atoms with Crippen LogP contribution in [0.15, 0.2) is 30.3 Å². The maximum absolute atomic E-state index is 10.9. The van der Waals surface area contributed by atoms with E-state index in [1.54, 1.807) is 0 Å². The number of benzene rings is 1. The highest BCUT2D eigenvalue weighted by Gasteiger charge is 2.67. The van der Waals surface area contributed by atoms with Crippen molar-refractivity contribution in [2.24, 2.45) is 11.8 Å². The number of hydrogen-bond donors (Lipinski definition) is 2. The molecule has 1 aromatic rings. The maximum atomic E-state index is 10.9. The Balaban J connectivity index is 1.65. The van der Waals surface area contributed by atoms with Crippen molar-refractivity contribution in [3.8, 4) is 0 Å². The highest BCUT2D eigenvalue weighted by atomic mass is 16.4. The third kappa shape index (κ3) is 1.77. The molecule has 3 rings (SSSR count). The highest BCUT2D eigenvalue weighted by Crippen LogP contribution is 2.55. The second-order valence-corrected chi connectivity index (χ2v) is 5.52. The molecule has 1 heterocycles. The van der Waals surface area contributed by atoms with E-state index in [0.29, 0.717) is 11.8 Å². The number of nitrogens with one attached hydrogen (secondary N) is 1. The fourth-order valence-electron chi connectivity index (χ4n) is 3.43. The predicted octanol–water partition coefficient (Wildman–Crippen LogP) is 1.77. The molecule has 2 aliphatic rings. The monoisotopic (exact) mass is 246 g/mol. The van der Waals surface area contributed by atoms with Crippen LogP contribution in [0.25, 0.3) is 0 Å². The number of carbonyl (C=O) groups is 1.